The van der Waals surface area contributed by atoms with E-state index < -0.39 is 11.7 Å². The van der Waals surface area contributed by atoms with Crippen molar-refractivity contribution in [3.8, 4) is 0 Å². The van der Waals surface area contributed by atoms with Gasteiger partial charge in [-0.3, -0.25) is 9.59 Å². The molecule has 1 amide bonds. The first-order chi connectivity index (χ1) is 8.75. The molecule has 2 aromatic carbocycles. The van der Waals surface area contributed by atoms with Gasteiger partial charge in [0, 0.05) is 12.1 Å². The van der Waals surface area contributed by atoms with Gasteiger partial charge in [-0.25, -0.2) is 0 Å². The molecular weight excluding hydrogens is 226 g/mol. The van der Waals surface area contributed by atoms with Crippen molar-refractivity contribution in [2.24, 2.45) is 0 Å². The smallest absolute Gasteiger partial charge is 0.292 e. The van der Waals surface area contributed by atoms with E-state index in [9.17, 15) is 9.59 Å². The molecule has 0 unspecified atom stereocenters. The average molecular weight is 239 g/mol. The molecule has 0 heterocycles. The largest absolute Gasteiger partial charge is 0.319 e. The molecule has 1 N–H and O–H groups in total. The van der Waals surface area contributed by atoms with Crippen LogP contribution in [-0.4, -0.2) is 11.7 Å². The van der Waals surface area contributed by atoms with Crippen molar-refractivity contribution in [2.45, 2.75) is 6.42 Å². The molecule has 0 radical (unpaired) electrons. The van der Waals surface area contributed by atoms with Crippen LogP contribution in [0.25, 0.3) is 0 Å². The van der Waals surface area contributed by atoms with Gasteiger partial charge >= 0.3 is 0 Å². The minimum atomic E-state index is -0.579. The van der Waals surface area contributed by atoms with Gasteiger partial charge in [0.2, 0.25) is 5.78 Å². The van der Waals surface area contributed by atoms with E-state index in [1.165, 1.54) is 0 Å². The Balaban J connectivity index is 1.96. The molecule has 3 nitrogen and oxygen atoms in total. The van der Waals surface area contributed by atoms with Gasteiger partial charge in [0.1, 0.15) is 0 Å². The van der Waals surface area contributed by atoms with Crippen LogP contribution in [-0.2, 0) is 16.0 Å². The quantitative estimate of drug-likeness (QED) is 0.833. The van der Waals surface area contributed by atoms with Gasteiger partial charge in [0.05, 0.1) is 0 Å². The maximum absolute atomic E-state index is 11.7. The number of para-hydroxylation sites is 1. The SMILES string of the molecule is O=C(Cc1ccccc1)C(=O)Nc1ccccc1. The van der Waals surface area contributed by atoms with Crippen molar-refractivity contribution >= 4 is 17.4 Å². The number of carbonyl (C=O) groups excluding carboxylic acids is 2. The van der Waals surface area contributed by atoms with E-state index in [4.69, 9.17) is 0 Å². The van der Waals surface area contributed by atoms with Gasteiger partial charge in [0.15, 0.2) is 0 Å². The zero-order valence-electron chi connectivity index (χ0n) is 9.80. The number of nitrogens with one attached hydrogen (secondary N) is 1. The fraction of sp³-hybridized carbons (Fsp3) is 0.0667. The summed E-state index contributed by atoms with van der Waals surface area (Å²) in [5, 5.41) is 2.57. The Bertz CT molecular complexity index is 483. The topological polar surface area (TPSA) is 46.2 Å². The molecule has 2 aromatic rings. The second kappa shape index (κ2) is 5.77. The third-order valence-corrected chi connectivity index (χ3v) is 2.49. The number of ketones is 1. The highest BCUT2D eigenvalue weighted by Crippen LogP contribution is 2.06. The van der Waals surface area contributed by atoms with Crippen LogP contribution in [0.15, 0.2) is 60.7 Å². The third-order valence-electron chi connectivity index (χ3n) is 2.49. The number of hydrogen-bond donors (Lipinski definition) is 1. The van der Waals surface area contributed by atoms with E-state index in [0.717, 1.165) is 5.56 Å². The highest BCUT2D eigenvalue weighted by atomic mass is 16.2. The molecule has 0 aliphatic carbocycles. The van der Waals surface area contributed by atoms with Gasteiger partial charge in [0.25, 0.3) is 5.91 Å². The highest BCUT2D eigenvalue weighted by Gasteiger charge is 2.13. The van der Waals surface area contributed by atoms with E-state index in [1.807, 2.05) is 36.4 Å². The standard InChI is InChI=1S/C15H13NO2/c17-14(11-12-7-3-1-4-8-12)15(18)16-13-9-5-2-6-10-13/h1-10H,11H2,(H,16,18). The molecule has 3 heteroatoms. The number of benzene rings is 2. The first-order valence-electron chi connectivity index (χ1n) is 5.69. The van der Waals surface area contributed by atoms with Crippen molar-refractivity contribution in [3.05, 3.63) is 66.2 Å². The van der Waals surface area contributed by atoms with Gasteiger partial charge < -0.3 is 5.32 Å². The van der Waals surface area contributed by atoms with Crippen LogP contribution in [0.1, 0.15) is 5.56 Å². The Kier molecular flexibility index (Phi) is 3.86. The molecular formula is C15H13NO2. The van der Waals surface area contributed by atoms with Crippen molar-refractivity contribution < 1.29 is 9.59 Å². The molecule has 0 aromatic heterocycles. The number of carbonyl (C=O) groups is 2. The van der Waals surface area contributed by atoms with Gasteiger partial charge in [-0.15, -0.1) is 0 Å². The van der Waals surface area contributed by atoms with Crippen LogP contribution >= 0.6 is 0 Å². The summed E-state index contributed by atoms with van der Waals surface area (Å²) in [6, 6.07) is 18.2. The second-order valence-corrected chi connectivity index (χ2v) is 3.91. The summed E-state index contributed by atoms with van der Waals surface area (Å²) >= 11 is 0. The summed E-state index contributed by atoms with van der Waals surface area (Å²) in [7, 11) is 0. The van der Waals surface area contributed by atoms with Crippen LogP contribution in [0.4, 0.5) is 5.69 Å². The maximum atomic E-state index is 11.7. The van der Waals surface area contributed by atoms with Crippen LogP contribution < -0.4 is 5.32 Å². The molecule has 0 aliphatic rings. The predicted molar refractivity (Wildman–Crippen MR) is 70.2 cm³/mol. The van der Waals surface area contributed by atoms with E-state index in [0.29, 0.717) is 5.69 Å². The Labute approximate surface area is 105 Å². The Morgan fingerprint density at radius 1 is 0.833 bits per heavy atom. The predicted octanol–water partition coefficient (Wildman–Crippen LogP) is 2.44. The summed E-state index contributed by atoms with van der Waals surface area (Å²) in [6.07, 6.45) is 0.125. The molecule has 2 rings (SSSR count). The van der Waals surface area contributed by atoms with E-state index >= 15 is 0 Å². The fourth-order valence-electron chi connectivity index (χ4n) is 1.58. The lowest BCUT2D eigenvalue weighted by atomic mass is 10.1. The number of amides is 1. The molecule has 0 aliphatic heterocycles. The van der Waals surface area contributed by atoms with Crippen molar-refractivity contribution in [3.63, 3.8) is 0 Å². The van der Waals surface area contributed by atoms with Crippen molar-refractivity contribution in [2.75, 3.05) is 5.32 Å². The van der Waals surface area contributed by atoms with E-state index in [2.05, 4.69) is 5.32 Å². The number of anilines is 1. The third kappa shape index (κ3) is 3.28. The maximum Gasteiger partial charge on any atom is 0.292 e. The van der Waals surface area contributed by atoms with Crippen LogP contribution in [0, 0.1) is 0 Å². The van der Waals surface area contributed by atoms with Crippen LogP contribution in [0.2, 0.25) is 0 Å². The Morgan fingerprint density at radius 2 is 1.39 bits per heavy atom. The lowest BCUT2D eigenvalue weighted by molar-refractivity contribution is -0.134. The van der Waals surface area contributed by atoms with Crippen LogP contribution in [0.3, 0.4) is 0 Å². The van der Waals surface area contributed by atoms with Crippen molar-refractivity contribution in [1.82, 2.24) is 0 Å². The fourth-order valence-corrected chi connectivity index (χ4v) is 1.58. The van der Waals surface area contributed by atoms with Gasteiger partial charge in [-0.1, -0.05) is 48.5 Å². The lowest BCUT2D eigenvalue weighted by Gasteiger charge is -2.04. The zero-order valence-corrected chi connectivity index (χ0v) is 9.80. The molecule has 0 atom stereocenters. The first-order valence-corrected chi connectivity index (χ1v) is 5.69. The minimum absolute atomic E-state index is 0.125. The Hall–Kier alpha value is -2.42. The van der Waals surface area contributed by atoms with Crippen LogP contribution in [0.5, 0.6) is 0 Å². The minimum Gasteiger partial charge on any atom is -0.319 e. The summed E-state index contributed by atoms with van der Waals surface area (Å²) in [4.78, 5) is 23.4. The molecule has 0 fully saturated rings. The summed E-state index contributed by atoms with van der Waals surface area (Å²) in [5.41, 5.74) is 1.47. The monoisotopic (exact) mass is 239 g/mol. The molecule has 0 spiro atoms. The molecule has 0 bridgehead atoms. The number of Topliss-reactive ketones (excluding diaryl/α,β-unsaturated/α-hetero) is 1. The van der Waals surface area contributed by atoms with Crippen molar-refractivity contribution in [1.29, 1.82) is 0 Å². The highest BCUT2D eigenvalue weighted by molar-refractivity contribution is 6.41. The normalized spacial score (nSPS) is 9.78. The summed E-state index contributed by atoms with van der Waals surface area (Å²) in [6.45, 7) is 0. The average Bonchev–Trinajstić information content (AvgIpc) is 2.41. The molecule has 0 saturated heterocycles. The zero-order chi connectivity index (χ0) is 12.8. The molecule has 0 saturated carbocycles. The van der Waals surface area contributed by atoms with Gasteiger partial charge in [-0.05, 0) is 17.7 Å². The number of rotatable bonds is 4. The molecule has 18 heavy (non-hydrogen) atoms. The van der Waals surface area contributed by atoms with E-state index in [1.54, 1.807) is 24.3 Å². The first kappa shape index (κ1) is 12.0. The molecule has 90 valence electrons. The Morgan fingerprint density at radius 3 is 2.00 bits per heavy atom. The number of hydrogen-bond acceptors (Lipinski definition) is 2. The van der Waals surface area contributed by atoms with Gasteiger partial charge in [-0.2, -0.15) is 0 Å². The lowest BCUT2D eigenvalue weighted by Crippen LogP contribution is -2.24. The summed E-state index contributed by atoms with van der Waals surface area (Å²) < 4.78 is 0. The summed E-state index contributed by atoms with van der Waals surface area (Å²) in [5.74, 6) is -1.02. The second-order valence-electron chi connectivity index (χ2n) is 3.91. The van der Waals surface area contributed by atoms with E-state index in [-0.39, 0.29) is 6.42 Å².